The second-order valence-corrected chi connectivity index (χ2v) is 7.56. The van der Waals surface area contributed by atoms with Gasteiger partial charge in [0.1, 0.15) is 0 Å². The molecule has 0 aromatic carbocycles. The Bertz CT molecular complexity index is 244. The second-order valence-electron chi connectivity index (χ2n) is 7.56. The highest BCUT2D eigenvalue weighted by Crippen LogP contribution is 2.61. The zero-order valence-electron chi connectivity index (χ0n) is 13.6. The molecule has 0 nitrogen and oxygen atoms in total. The van der Waals surface area contributed by atoms with E-state index in [4.69, 9.17) is 0 Å². The number of unbranched alkanes of at least 4 members (excludes halogenated alkanes) is 6. The summed E-state index contributed by atoms with van der Waals surface area (Å²) in [6, 6.07) is 0. The summed E-state index contributed by atoms with van der Waals surface area (Å²) in [5.41, 5.74) is 0.824. The average Bonchev–Trinajstić information content (AvgIpc) is 2.98. The zero-order chi connectivity index (χ0) is 13.6. The van der Waals surface area contributed by atoms with Crippen LogP contribution in [0, 0.1) is 17.3 Å². The SMILES string of the molecule is CCCCCCC1CC2CCC1(CCCCCC)C2. The van der Waals surface area contributed by atoms with E-state index in [1.54, 1.807) is 38.5 Å². The molecule has 0 heterocycles. The van der Waals surface area contributed by atoms with E-state index < -0.39 is 0 Å². The minimum atomic E-state index is 0.824. The van der Waals surface area contributed by atoms with Crippen LogP contribution in [0.1, 0.15) is 104 Å². The number of rotatable bonds is 10. The van der Waals surface area contributed by atoms with Crippen LogP contribution in [0.3, 0.4) is 0 Å². The molecule has 2 rings (SSSR count). The zero-order valence-corrected chi connectivity index (χ0v) is 13.6. The second kappa shape index (κ2) is 7.70. The number of fused-ring (bicyclic) bond motifs is 2. The summed E-state index contributed by atoms with van der Waals surface area (Å²) in [6.07, 6.45) is 21.2. The first kappa shape index (κ1) is 15.4. The van der Waals surface area contributed by atoms with E-state index in [9.17, 15) is 0 Å². The first-order valence-electron chi connectivity index (χ1n) is 9.30. The van der Waals surface area contributed by atoms with Gasteiger partial charge in [0.2, 0.25) is 0 Å². The van der Waals surface area contributed by atoms with Gasteiger partial charge in [-0.05, 0) is 55.8 Å². The molecule has 2 aliphatic carbocycles. The van der Waals surface area contributed by atoms with Crippen molar-refractivity contribution in [2.75, 3.05) is 0 Å². The van der Waals surface area contributed by atoms with Crippen molar-refractivity contribution in [1.29, 1.82) is 0 Å². The third kappa shape index (κ3) is 3.99. The van der Waals surface area contributed by atoms with Gasteiger partial charge < -0.3 is 0 Å². The van der Waals surface area contributed by atoms with Crippen LogP contribution in [-0.4, -0.2) is 0 Å². The van der Waals surface area contributed by atoms with Crippen LogP contribution in [-0.2, 0) is 0 Å². The number of hydrogen-bond acceptors (Lipinski definition) is 0. The maximum atomic E-state index is 2.33. The van der Waals surface area contributed by atoms with Crippen molar-refractivity contribution in [1.82, 2.24) is 0 Å². The molecule has 0 spiro atoms. The lowest BCUT2D eigenvalue weighted by Crippen LogP contribution is -2.25. The largest absolute Gasteiger partial charge is 0.0654 e. The van der Waals surface area contributed by atoms with Crippen LogP contribution >= 0.6 is 0 Å². The fourth-order valence-electron chi connectivity index (χ4n) is 5.07. The topological polar surface area (TPSA) is 0 Å². The molecule has 0 amide bonds. The van der Waals surface area contributed by atoms with Gasteiger partial charge in [0, 0.05) is 0 Å². The van der Waals surface area contributed by atoms with Crippen LogP contribution in [0.25, 0.3) is 0 Å². The minimum Gasteiger partial charge on any atom is -0.0654 e. The molecule has 3 unspecified atom stereocenters. The Morgan fingerprint density at radius 2 is 1.63 bits per heavy atom. The van der Waals surface area contributed by atoms with Gasteiger partial charge >= 0.3 is 0 Å². The highest BCUT2D eigenvalue weighted by molar-refractivity contribution is 5.01. The van der Waals surface area contributed by atoms with Crippen molar-refractivity contribution in [3.63, 3.8) is 0 Å². The molecule has 112 valence electrons. The molecule has 0 heteroatoms. The van der Waals surface area contributed by atoms with Crippen molar-refractivity contribution in [2.24, 2.45) is 17.3 Å². The monoisotopic (exact) mass is 264 g/mol. The molecule has 0 aromatic rings. The first-order valence-corrected chi connectivity index (χ1v) is 9.30. The van der Waals surface area contributed by atoms with Crippen LogP contribution in [0.4, 0.5) is 0 Å². The fraction of sp³-hybridized carbons (Fsp3) is 1.00. The normalized spacial score (nSPS) is 33.2. The summed E-state index contributed by atoms with van der Waals surface area (Å²) in [5, 5.41) is 0. The highest BCUT2D eigenvalue weighted by atomic mass is 14.5. The van der Waals surface area contributed by atoms with E-state index >= 15 is 0 Å². The summed E-state index contributed by atoms with van der Waals surface area (Å²) in [6.45, 7) is 4.66. The fourth-order valence-corrected chi connectivity index (χ4v) is 5.07. The summed E-state index contributed by atoms with van der Waals surface area (Å²) < 4.78 is 0. The maximum absolute atomic E-state index is 2.33. The quantitative estimate of drug-likeness (QED) is 0.383. The van der Waals surface area contributed by atoms with E-state index in [1.807, 2.05) is 0 Å². The molecular formula is C19H36. The van der Waals surface area contributed by atoms with Gasteiger partial charge in [-0.1, -0.05) is 65.2 Å². The Morgan fingerprint density at radius 1 is 0.895 bits per heavy atom. The van der Waals surface area contributed by atoms with Crippen molar-refractivity contribution in [2.45, 2.75) is 104 Å². The Hall–Kier alpha value is 0. The molecule has 3 atom stereocenters. The molecule has 2 fully saturated rings. The summed E-state index contributed by atoms with van der Waals surface area (Å²) >= 11 is 0. The molecule has 0 radical (unpaired) electrons. The van der Waals surface area contributed by atoms with Gasteiger partial charge in [-0.3, -0.25) is 0 Å². The maximum Gasteiger partial charge on any atom is -0.0266 e. The van der Waals surface area contributed by atoms with Gasteiger partial charge in [0.25, 0.3) is 0 Å². The molecular weight excluding hydrogens is 228 g/mol. The highest BCUT2D eigenvalue weighted by Gasteiger charge is 2.50. The molecule has 0 N–H and O–H groups in total. The molecule has 0 aromatic heterocycles. The Labute approximate surface area is 121 Å². The van der Waals surface area contributed by atoms with Crippen molar-refractivity contribution in [3.8, 4) is 0 Å². The van der Waals surface area contributed by atoms with E-state index in [2.05, 4.69) is 13.8 Å². The van der Waals surface area contributed by atoms with Gasteiger partial charge in [-0.15, -0.1) is 0 Å². The third-order valence-corrected chi connectivity index (χ3v) is 6.16. The molecule has 0 aliphatic heterocycles. The predicted octanol–water partition coefficient (Wildman–Crippen LogP) is 6.73. The molecule has 2 saturated carbocycles. The van der Waals surface area contributed by atoms with Crippen LogP contribution in [0.15, 0.2) is 0 Å². The average molecular weight is 264 g/mol. The van der Waals surface area contributed by atoms with Crippen molar-refractivity contribution >= 4 is 0 Å². The Balaban J connectivity index is 1.74. The molecule has 19 heavy (non-hydrogen) atoms. The van der Waals surface area contributed by atoms with E-state index in [0.29, 0.717) is 0 Å². The van der Waals surface area contributed by atoms with Crippen LogP contribution < -0.4 is 0 Å². The lowest BCUT2D eigenvalue weighted by Gasteiger charge is -2.35. The van der Waals surface area contributed by atoms with Gasteiger partial charge in [-0.2, -0.15) is 0 Å². The lowest BCUT2D eigenvalue weighted by atomic mass is 9.70. The van der Waals surface area contributed by atoms with Gasteiger partial charge in [-0.25, -0.2) is 0 Å². The van der Waals surface area contributed by atoms with E-state index in [1.165, 1.54) is 51.4 Å². The smallest absolute Gasteiger partial charge is 0.0266 e. The first-order chi connectivity index (χ1) is 9.30. The van der Waals surface area contributed by atoms with E-state index in [-0.39, 0.29) is 0 Å². The standard InChI is InChI=1S/C19H36/c1-3-5-7-9-11-18-15-17-12-14-19(18,16-17)13-10-8-6-4-2/h17-18H,3-16H2,1-2H3. The Morgan fingerprint density at radius 3 is 2.32 bits per heavy atom. The van der Waals surface area contributed by atoms with Gasteiger partial charge in [0.15, 0.2) is 0 Å². The summed E-state index contributed by atoms with van der Waals surface area (Å²) in [5.74, 6) is 2.24. The molecule has 2 bridgehead atoms. The molecule has 0 saturated heterocycles. The van der Waals surface area contributed by atoms with Crippen molar-refractivity contribution in [3.05, 3.63) is 0 Å². The van der Waals surface area contributed by atoms with Crippen LogP contribution in [0.2, 0.25) is 0 Å². The minimum absolute atomic E-state index is 0.824. The predicted molar refractivity (Wildman–Crippen MR) is 85.4 cm³/mol. The van der Waals surface area contributed by atoms with Gasteiger partial charge in [0.05, 0.1) is 0 Å². The summed E-state index contributed by atoms with van der Waals surface area (Å²) in [4.78, 5) is 0. The van der Waals surface area contributed by atoms with Crippen LogP contribution in [0.5, 0.6) is 0 Å². The number of hydrogen-bond donors (Lipinski definition) is 0. The van der Waals surface area contributed by atoms with E-state index in [0.717, 1.165) is 17.3 Å². The molecule has 2 aliphatic rings. The lowest BCUT2D eigenvalue weighted by molar-refractivity contribution is 0.150. The third-order valence-electron chi connectivity index (χ3n) is 6.16. The Kier molecular flexibility index (Phi) is 6.23. The van der Waals surface area contributed by atoms with Crippen molar-refractivity contribution < 1.29 is 0 Å². The summed E-state index contributed by atoms with van der Waals surface area (Å²) in [7, 11) is 0.